The molecule has 0 aliphatic carbocycles. The molecule has 1 aromatic carbocycles. The van der Waals surface area contributed by atoms with Crippen LogP contribution in [0.4, 0.5) is 0 Å². The second-order valence-electron chi connectivity index (χ2n) is 4.10. The molecule has 0 spiro atoms. The molecule has 19 heavy (non-hydrogen) atoms. The second-order valence-corrected chi connectivity index (χ2v) is 7.54. The van der Waals surface area contributed by atoms with Crippen LogP contribution in [0.2, 0.25) is 14.4 Å². The Labute approximate surface area is 140 Å². The van der Waals surface area contributed by atoms with Gasteiger partial charge in [0.25, 0.3) is 0 Å². The molecule has 1 aromatic heterocycles. The highest BCUT2D eigenvalue weighted by Crippen LogP contribution is 2.32. The number of hydrogen-bond donors (Lipinski definition) is 1. The predicted octanol–water partition coefficient (Wildman–Crippen LogP) is 6.32. The van der Waals surface area contributed by atoms with E-state index in [1.807, 2.05) is 18.2 Å². The fraction of sp³-hybridized carbons (Fsp3) is 0.231. The molecule has 1 N–H and O–H groups in total. The van der Waals surface area contributed by atoms with Gasteiger partial charge in [-0.1, -0.05) is 40.9 Å². The van der Waals surface area contributed by atoms with Gasteiger partial charge in [0, 0.05) is 32.0 Å². The minimum atomic E-state index is 0.143. The lowest BCUT2D eigenvalue weighted by Gasteiger charge is -2.15. The molecular formula is C13H11BrCl3NS. The van der Waals surface area contributed by atoms with Gasteiger partial charge in [0.05, 0.1) is 0 Å². The molecular weight excluding hydrogens is 388 g/mol. The Balaban J connectivity index is 2.03. The quantitative estimate of drug-likeness (QED) is 0.634. The van der Waals surface area contributed by atoms with Crippen LogP contribution in [0.5, 0.6) is 0 Å². The maximum absolute atomic E-state index is 6.19. The fourth-order valence-corrected chi connectivity index (χ4v) is 4.01. The third-order valence-corrected chi connectivity index (χ3v) is 5.74. The second kappa shape index (κ2) is 6.79. The van der Waals surface area contributed by atoms with Gasteiger partial charge in [-0.25, -0.2) is 0 Å². The van der Waals surface area contributed by atoms with Crippen molar-refractivity contribution in [3.8, 4) is 0 Å². The topological polar surface area (TPSA) is 12.0 Å². The third-order valence-electron chi connectivity index (χ3n) is 2.71. The Bertz CT molecular complexity index is 566. The first kappa shape index (κ1) is 15.6. The summed E-state index contributed by atoms with van der Waals surface area (Å²) in [4.78, 5) is 1.17. The lowest BCUT2D eigenvalue weighted by Crippen LogP contribution is -2.17. The highest BCUT2D eigenvalue weighted by Gasteiger charge is 2.11. The third kappa shape index (κ3) is 4.10. The van der Waals surface area contributed by atoms with E-state index in [0.29, 0.717) is 10.0 Å². The number of rotatable bonds is 4. The summed E-state index contributed by atoms with van der Waals surface area (Å²) < 4.78 is 1.71. The summed E-state index contributed by atoms with van der Waals surface area (Å²) in [6, 6.07) is 7.72. The molecule has 1 heterocycles. The molecule has 0 saturated heterocycles. The largest absolute Gasteiger partial charge is 0.305 e. The van der Waals surface area contributed by atoms with E-state index in [1.54, 1.807) is 17.4 Å². The van der Waals surface area contributed by atoms with Gasteiger partial charge in [0.1, 0.15) is 4.34 Å². The van der Waals surface area contributed by atoms with Crippen LogP contribution in [-0.2, 0) is 6.54 Å². The molecule has 2 rings (SSSR count). The van der Waals surface area contributed by atoms with Gasteiger partial charge in [-0.05, 0) is 46.6 Å². The van der Waals surface area contributed by atoms with Gasteiger partial charge < -0.3 is 5.32 Å². The fourth-order valence-electron chi connectivity index (χ4n) is 1.69. The summed E-state index contributed by atoms with van der Waals surface area (Å²) in [5.41, 5.74) is 1.03. The maximum atomic E-state index is 6.19. The van der Waals surface area contributed by atoms with Crippen LogP contribution in [0.15, 0.2) is 28.7 Å². The van der Waals surface area contributed by atoms with Gasteiger partial charge >= 0.3 is 0 Å². The van der Waals surface area contributed by atoms with E-state index in [1.165, 1.54) is 4.88 Å². The molecule has 0 amide bonds. The lowest BCUT2D eigenvalue weighted by atomic mass is 10.1. The zero-order chi connectivity index (χ0) is 14.0. The predicted molar refractivity (Wildman–Crippen MR) is 88.7 cm³/mol. The zero-order valence-electron chi connectivity index (χ0n) is 10.0. The van der Waals surface area contributed by atoms with Crippen LogP contribution < -0.4 is 5.32 Å². The molecule has 102 valence electrons. The van der Waals surface area contributed by atoms with Crippen LogP contribution in [0, 0.1) is 0 Å². The average Bonchev–Trinajstić information content (AvgIpc) is 2.66. The number of halogens is 4. The highest BCUT2D eigenvalue weighted by atomic mass is 79.9. The van der Waals surface area contributed by atoms with E-state index in [2.05, 4.69) is 28.2 Å². The van der Waals surface area contributed by atoms with E-state index in [0.717, 1.165) is 20.9 Å². The van der Waals surface area contributed by atoms with Crippen molar-refractivity contribution in [3.63, 3.8) is 0 Å². The van der Waals surface area contributed by atoms with E-state index >= 15 is 0 Å². The summed E-state index contributed by atoms with van der Waals surface area (Å²) in [7, 11) is 0. The van der Waals surface area contributed by atoms with E-state index in [4.69, 9.17) is 34.8 Å². The number of benzene rings is 1. The molecule has 0 fully saturated rings. The maximum Gasteiger partial charge on any atom is 0.107 e. The van der Waals surface area contributed by atoms with Gasteiger partial charge in [0.15, 0.2) is 0 Å². The number of hydrogen-bond acceptors (Lipinski definition) is 2. The molecule has 0 aliphatic rings. The van der Waals surface area contributed by atoms with Crippen molar-refractivity contribution in [1.82, 2.24) is 5.32 Å². The smallest absolute Gasteiger partial charge is 0.107 e. The molecule has 0 aliphatic heterocycles. The van der Waals surface area contributed by atoms with Crippen molar-refractivity contribution < 1.29 is 0 Å². The molecule has 6 heteroatoms. The standard InChI is InChI=1S/C13H11BrCl3NS/c1-7(10-3-2-8(15)4-12(10)16)18-6-9-5-11(14)13(17)19-9/h2-5,7,18H,6H2,1H3. The van der Waals surface area contributed by atoms with Crippen molar-refractivity contribution in [2.75, 3.05) is 0 Å². The first-order valence-corrected chi connectivity index (χ1v) is 8.33. The van der Waals surface area contributed by atoms with Crippen LogP contribution in [0.25, 0.3) is 0 Å². The Kier molecular flexibility index (Phi) is 5.58. The van der Waals surface area contributed by atoms with Crippen molar-refractivity contribution in [2.24, 2.45) is 0 Å². The van der Waals surface area contributed by atoms with Gasteiger partial charge in [0.2, 0.25) is 0 Å². The van der Waals surface area contributed by atoms with Crippen LogP contribution >= 0.6 is 62.1 Å². The van der Waals surface area contributed by atoms with E-state index < -0.39 is 0 Å². The van der Waals surface area contributed by atoms with E-state index in [-0.39, 0.29) is 6.04 Å². The van der Waals surface area contributed by atoms with Crippen LogP contribution in [0.1, 0.15) is 23.4 Å². The molecule has 0 bridgehead atoms. The normalized spacial score (nSPS) is 12.7. The average molecular weight is 400 g/mol. The summed E-state index contributed by atoms with van der Waals surface area (Å²) in [5.74, 6) is 0. The van der Waals surface area contributed by atoms with Crippen LogP contribution in [0.3, 0.4) is 0 Å². The van der Waals surface area contributed by atoms with Crippen molar-refractivity contribution in [1.29, 1.82) is 0 Å². The molecule has 2 aromatic rings. The van der Waals surface area contributed by atoms with Crippen molar-refractivity contribution >= 4 is 62.1 Å². The summed E-state index contributed by atoms with van der Waals surface area (Å²) in [6.45, 7) is 2.81. The monoisotopic (exact) mass is 397 g/mol. The highest BCUT2D eigenvalue weighted by molar-refractivity contribution is 9.10. The number of nitrogens with one attached hydrogen (secondary N) is 1. The van der Waals surface area contributed by atoms with Crippen LogP contribution in [-0.4, -0.2) is 0 Å². The summed E-state index contributed by atoms with van der Waals surface area (Å²) >= 11 is 23.1. The van der Waals surface area contributed by atoms with Crippen molar-refractivity contribution in [2.45, 2.75) is 19.5 Å². The number of thiophene rings is 1. The van der Waals surface area contributed by atoms with Crippen molar-refractivity contribution in [3.05, 3.63) is 53.6 Å². The molecule has 0 radical (unpaired) electrons. The Morgan fingerprint density at radius 3 is 2.58 bits per heavy atom. The SMILES string of the molecule is CC(NCc1cc(Br)c(Cl)s1)c1ccc(Cl)cc1Cl. The van der Waals surface area contributed by atoms with Gasteiger partial charge in [-0.3, -0.25) is 0 Å². The molecule has 1 unspecified atom stereocenters. The summed E-state index contributed by atoms with van der Waals surface area (Å²) in [6.07, 6.45) is 0. The minimum Gasteiger partial charge on any atom is -0.305 e. The molecule has 1 atom stereocenters. The first-order valence-electron chi connectivity index (χ1n) is 5.59. The Morgan fingerprint density at radius 2 is 2.00 bits per heavy atom. The lowest BCUT2D eigenvalue weighted by molar-refractivity contribution is 0.579. The zero-order valence-corrected chi connectivity index (χ0v) is 14.7. The minimum absolute atomic E-state index is 0.143. The van der Waals surface area contributed by atoms with Gasteiger partial charge in [-0.2, -0.15) is 0 Å². The Morgan fingerprint density at radius 1 is 1.26 bits per heavy atom. The summed E-state index contributed by atoms with van der Waals surface area (Å²) in [5, 5.41) is 4.75. The molecule has 1 nitrogen and oxygen atoms in total. The Hall–Kier alpha value is 0.230. The first-order chi connectivity index (χ1) is 8.97. The molecule has 0 saturated carbocycles. The van der Waals surface area contributed by atoms with Gasteiger partial charge in [-0.15, -0.1) is 11.3 Å². The van der Waals surface area contributed by atoms with E-state index in [9.17, 15) is 0 Å².